The van der Waals surface area contributed by atoms with Gasteiger partial charge in [0.05, 0.1) is 5.69 Å². The van der Waals surface area contributed by atoms with E-state index in [2.05, 4.69) is 41.2 Å². The van der Waals surface area contributed by atoms with Crippen LogP contribution in [0.3, 0.4) is 0 Å². The largest absolute Gasteiger partial charge is 0.343 e. The predicted molar refractivity (Wildman–Crippen MR) is 96.8 cm³/mol. The monoisotopic (exact) mass is 325 g/mol. The van der Waals surface area contributed by atoms with E-state index in [-0.39, 0.29) is 5.91 Å². The number of aryl methyl sites for hydroxylation is 3. The zero-order valence-corrected chi connectivity index (χ0v) is 14.8. The van der Waals surface area contributed by atoms with Crippen LogP contribution in [-0.4, -0.2) is 33.7 Å². The number of hydrogen-bond acceptors (Lipinski definition) is 2. The number of benzene rings is 1. The maximum Gasteiger partial charge on any atom is 0.222 e. The Balaban J connectivity index is 1.69. The van der Waals surface area contributed by atoms with Crippen molar-refractivity contribution in [3.8, 4) is 11.3 Å². The van der Waals surface area contributed by atoms with Gasteiger partial charge in [0.15, 0.2) is 0 Å². The van der Waals surface area contributed by atoms with Crippen molar-refractivity contribution in [1.82, 2.24) is 14.7 Å². The highest BCUT2D eigenvalue weighted by Crippen LogP contribution is 2.24. The molecule has 1 saturated heterocycles. The molecule has 1 aliphatic rings. The Labute approximate surface area is 144 Å². The summed E-state index contributed by atoms with van der Waals surface area (Å²) in [6.45, 7) is 3.94. The maximum absolute atomic E-state index is 12.5. The van der Waals surface area contributed by atoms with Gasteiger partial charge in [-0.3, -0.25) is 9.48 Å². The van der Waals surface area contributed by atoms with Crippen molar-refractivity contribution >= 4 is 5.91 Å². The molecular formula is C20H27N3O. The highest BCUT2D eigenvalue weighted by Gasteiger charge is 2.17. The molecule has 1 aromatic heterocycles. The fourth-order valence-corrected chi connectivity index (χ4v) is 3.39. The molecule has 2 heterocycles. The van der Waals surface area contributed by atoms with E-state index < -0.39 is 0 Å². The first-order chi connectivity index (χ1) is 11.6. The van der Waals surface area contributed by atoms with Crippen LogP contribution in [0.5, 0.6) is 0 Å². The van der Waals surface area contributed by atoms with Crippen molar-refractivity contribution in [2.75, 3.05) is 13.1 Å². The number of likely N-dealkylation sites (tertiary alicyclic amines) is 1. The molecule has 3 rings (SSSR count). The Morgan fingerprint density at radius 2 is 1.75 bits per heavy atom. The van der Waals surface area contributed by atoms with Crippen molar-refractivity contribution in [1.29, 1.82) is 0 Å². The molecule has 0 radical (unpaired) electrons. The van der Waals surface area contributed by atoms with Crippen molar-refractivity contribution in [2.24, 2.45) is 7.05 Å². The molecule has 0 N–H and O–H groups in total. The second-order valence-electron chi connectivity index (χ2n) is 6.84. The third-order valence-corrected chi connectivity index (χ3v) is 4.80. The molecular weight excluding hydrogens is 298 g/mol. The molecule has 1 fully saturated rings. The molecule has 0 aliphatic carbocycles. The van der Waals surface area contributed by atoms with E-state index in [1.807, 2.05) is 17.9 Å². The summed E-state index contributed by atoms with van der Waals surface area (Å²) in [6, 6.07) is 8.43. The Morgan fingerprint density at radius 3 is 2.42 bits per heavy atom. The van der Waals surface area contributed by atoms with E-state index in [1.165, 1.54) is 18.4 Å². The lowest BCUT2D eigenvalue weighted by Gasteiger charge is -2.20. The number of carbonyl (C=O) groups is 1. The number of aromatic nitrogens is 2. The van der Waals surface area contributed by atoms with Crippen LogP contribution in [0.2, 0.25) is 0 Å². The van der Waals surface area contributed by atoms with Crippen molar-refractivity contribution in [3.63, 3.8) is 0 Å². The fourth-order valence-electron chi connectivity index (χ4n) is 3.39. The van der Waals surface area contributed by atoms with E-state index >= 15 is 0 Å². The fraction of sp³-hybridized carbons (Fsp3) is 0.500. The van der Waals surface area contributed by atoms with Crippen LogP contribution in [0.4, 0.5) is 0 Å². The average molecular weight is 325 g/mol. The molecule has 4 heteroatoms. The highest BCUT2D eigenvalue weighted by molar-refractivity contribution is 5.77. The van der Waals surface area contributed by atoms with Gasteiger partial charge in [0, 0.05) is 38.3 Å². The summed E-state index contributed by atoms with van der Waals surface area (Å²) < 4.78 is 1.85. The molecule has 1 aliphatic heterocycles. The summed E-state index contributed by atoms with van der Waals surface area (Å²) in [4.78, 5) is 14.6. The normalized spacial score (nSPS) is 15.3. The Kier molecular flexibility index (Phi) is 5.34. The minimum absolute atomic E-state index is 0.288. The van der Waals surface area contributed by atoms with Gasteiger partial charge in [-0.1, -0.05) is 42.7 Å². The lowest BCUT2D eigenvalue weighted by molar-refractivity contribution is -0.131. The van der Waals surface area contributed by atoms with E-state index in [9.17, 15) is 4.79 Å². The van der Waals surface area contributed by atoms with Gasteiger partial charge >= 0.3 is 0 Å². The minimum Gasteiger partial charge on any atom is -0.343 e. The van der Waals surface area contributed by atoms with Gasteiger partial charge in [0.2, 0.25) is 5.91 Å². The van der Waals surface area contributed by atoms with E-state index in [1.54, 1.807) is 0 Å². The van der Waals surface area contributed by atoms with Crippen molar-refractivity contribution < 1.29 is 4.79 Å². The van der Waals surface area contributed by atoms with Crippen LogP contribution in [0.25, 0.3) is 11.3 Å². The third-order valence-electron chi connectivity index (χ3n) is 4.80. The Morgan fingerprint density at radius 1 is 1.08 bits per heavy atom. The topological polar surface area (TPSA) is 38.1 Å². The minimum atomic E-state index is 0.288. The van der Waals surface area contributed by atoms with Crippen molar-refractivity contribution in [2.45, 2.75) is 45.4 Å². The van der Waals surface area contributed by atoms with E-state index in [0.29, 0.717) is 6.42 Å². The lowest BCUT2D eigenvalue weighted by Crippen LogP contribution is -2.31. The van der Waals surface area contributed by atoms with Gasteiger partial charge in [-0.05, 0) is 31.7 Å². The van der Waals surface area contributed by atoms with Crippen LogP contribution in [0.1, 0.15) is 43.2 Å². The second-order valence-corrected chi connectivity index (χ2v) is 6.84. The highest BCUT2D eigenvalue weighted by atomic mass is 16.2. The van der Waals surface area contributed by atoms with Gasteiger partial charge in [-0.15, -0.1) is 0 Å². The van der Waals surface area contributed by atoms with Crippen LogP contribution < -0.4 is 0 Å². The quantitative estimate of drug-likeness (QED) is 0.859. The third kappa shape index (κ3) is 4.05. The number of amides is 1. The molecule has 0 saturated carbocycles. The summed E-state index contributed by atoms with van der Waals surface area (Å²) in [5, 5.41) is 4.61. The van der Waals surface area contributed by atoms with Crippen LogP contribution in [0.15, 0.2) is 30.5 Å². The van der Waals surface area contributed by atoms with Gasteiger partial charge in [0.1, 0.15) is 0 Å². The number of rotatable bonds is 4. The van der Waals surface area contributed by atoms with Crippen molar-refractivity contribution in [3.05, 3.63) is 41.6 Å². The molecule has 1 aromatic carbocycles. The standard InChI is InChI=1S/C20H27N3O/c1-16-7-9-17(10-8-16)20-18(15-22(2)21-20)11-12-19(24)23-13-5-3-4-6-14-23/h7-10,15H,3-6,11-14H2,1-2H3. The zero-order chi connectivity index (χ0) is 16.9. The van der Waals surface area contributed by atoms with Gasteiger partial charge in [0.25, 0.3) is 0 Å². The molecule has 0 unspecified atom stereocenters. The second kappa shape index (κ2) is 7.65. The predicted octanol–water partition coefficient (Wildman–Crippen LogP) is 3.73. The number of carbonyl (C=O) groups excluding carboxylic acids is 1. The first kappa shape index (κ1) is 16.7. The molecule has 128 valence electrons. The molecule has 2 aromatic rings. The van der Waals surface area contributed by atoms with Gasteiger partial charge in [-0.25, -0.2) is 0 Å². The summed E-state index contributed by atoms with van der Waals surface area (Å²) >= 11 is 0. The smallest absolute Gasteiger partial charge is 0.222 e. The summed E-state index contributed by atoms with van der Waals surface area (Å²) in [5.74, 6) is 0.288. The Hall–Kier alpha value is -2.10. The number of nitrogens with zero attached hydrogens (tertiary/aromatic N) is 3. The van der Waals surface area contributed by atoms with Gasteiger partial charge in [-0.2, -0.15) is 5.10 Å². The average Bonchev–Trinajstić information content (AvgIpc) is 2.77. The van der Waals surface area contributed by atoms with Crippen LogP contribution in [0, 0.1) is 6.92 Å². The lowest BCUT2D eigenvalue weighted by atomic mass is 10.0. The number of hydrogen-bond donors (Lipinski definition) is 0. The molecule has 0 atom stereocenters. The molecule has 24 heavy (non-hydrogen) atoms. The SMILES string of the molecule is Cc1ccc(-c2nn(C)cc2CCC(=O)N2CCCCCC2)cc1. The maximum atomic E-state index is 12.5. The molecule has 0 bridgehead atoms. The zero-order valence-electron chi connectivity index (χ0n) is 14.8. The summed E-state index contributed by atoms with van der Waals surface area (Å²) in [6.07, 6.45) is 8.18. The molecule has 4 nitrogen and oxygen atoms in total. The van der Waals surface area contributed by atoms with E-state index in [0.717, 1.165) is 49.2 Å². The van der Waals surface area contributed by atoms with Crippen LogP contribution >= 0.6 is 0 Å². The van der Waals surface area contributed by atoms with E-state index in [4.69, 9.17) is 0 Å². The summed E-state index contributed by atoms with van der Waals surface area (Å²) in [7, 11) is 1.94. The molecule has 0 spiro atoms. The molecule has 1 amide bonds. The first-order valence-electron chi connectivity index (χ1n) is 9.01. The first-order valence-corrected chi connectivity index (χ1v) is 9.01. The summed E-state index contributed by atoms with van der Waals surface area (Å²) in [5.41, 5.74) is 4.52. The Bertz CT molecular complexity index is 679. The van der Waals surface area contributed by atoms with Gasteiger partial charge < -0.3 is 4.90 Å². The van der Waals surface area contributed by atoms with Crippen LogP contribution in [-0.2, 0) is 18.3 Å².